The molecule has 2 heterocycles. The summed E-state index contributed by atoms with van der Waals surface area (Å²) in [6.45, 7) is 4.08. The number of rotatable bonds is 7. The Balaban J connectivity index is 1.58. The summed E-state index contributed by atoms with van der Waals surface area (Å²) in [4.78, 5) is 30.3. The van der Waals surface area contributed by atoms with Crippen LogP contribution in [0.25, 0.3) is 0 Å². The van der Waals surface area contributed by atoms with Crippen molar-refractivity contribution in [2.45, 2.75) is 32.4 Å². The number of urea groups is 1. The maximum Gasteiger partial charge on any atom is 0.323 e. The first-order valence-corrected chi connectivity index (χ1v) is 10.2. The molecule has 8 nitrogen and oxygen atoms in total. The zero-order valence-corrected chi connectivity index (χ0v) is 17.8. The Morgan fingerprint density at radius 2 is 2.10 bits per heavy atom. The van der Waals surface area contributed by atoms with Gasteiger partial charge in [0.25, 0.3) is 0 Å². The van der Waals surface area contributed by atoms with Crippen LogP contribution in [0, 0.1) is 12.7 Å². The summed E-state index contributed by atoms with van der Waals surface area (Å²) in [6, 6.07) is 7.71. The van der Waals surface area contributed by atoms with Crippen LogP contribution in [0.4, 0.5) is 20.6 Å². The van der Waals surface area contributed by atoms with Crippen molar-refractivity contribution < 1.29 is 18.7 Å². The summed E-state index contributed by atoms with van der Waals surface area (Å²) in [5.74, 6) is -0.637. The smallest absolute Gasteiger partial charge is 0.323 e. The number of likely N-dealkylation sites (tertiary alicyclic amines) is 1. The highest BCUT2D eigenvalue weighted by molar-refractivity contribution is 5.99. The second-order valence-corrected chi connectivity index (χ2v) is 7.66. The number of nitrogens with zero attached hydrogens (tertiary/aromatic N) is 2. The zero-order valence-electron chi connectivity index (χ0n) is 17.8. The standard InChI is InChI=1S/C22H28FN5O3/c1-15-5-7-17(11-24-15)26-22(30)27-20-10-16(6-8-19(20)23)12-28-9-3-4-18(13-28)25-21(29)14-31-2/h5-8,10-11,18H,3-4,9,12-14H2,1-2H3,(H,25,29)(H2,26,27,30)/t18-/m1/s1. The van der Waals surface area contributed by atoms with E-state index in [2.05, 4.69) is 25.8 Å². The molecule has 1 atom stereocenters. The lowest BCUT2D eigenvalue weighted by molar-refractivity contribution is -0.125. The van der Waals surface area contributed by atoms with Crippen LogP contribution < -0.4 is 16.0 Å². The molecule has 0 radical (unpaired) electrons. The largest absolute Gasteiger partial charge is 0.375 e. The highest BCUT2D eigenvalue weighted by atomic mass is 19.1. The van der Waals surface area contributed by atoms with Crippen LogP contribution in [0.15, 0.2) is 36.5 Å². The van der Waals surface area contributed by atoms with Gasteiger partial charge in [0.05, 0.1) is 17.6 Å². The van der Waals surface area contributed by atoms with Crippen LogP contribution in [-0.4, -0.2) is 54.7 Å². The van der Waals surface area contributed by atoms with Crippen molar-refractivity contribution in [3.8, 4) is 0 Å². The van der Waals surface area contributed by atoms with Crippen LogP contribution in [-0.2, 0) is 16.1 Å². The van der Waals surface area contributed by atoms with Crippen LogP contribution in [0.1, 0.15) is 24.1 Å². The minimum Gasteiger partial charge on any atom is -0.375 e. The fraction of sp³-hybridized carbons (Fsp3) is 0.409. The van der Waals surface area contributed by atoms with Crippen molar-refractivity contribution >= 4 is 23.3 Å². The van der Waals surface area contributed by atoms with E-state index in [1.807, 2.05) is 6.92 Å². The van der Waals surface area contributed by atoms with Crippen molar-refractivity contribution in [3.05, 3.63) is 53.6 Å². The van der Waals surface area contributed by atoms with Gasteiger partial charge in [0, 0.05) is 31.9 Å². The van der Waals surface area contributed by atoms with Crippen molar-refractivity contribution in [1.82, 2.24) is 15.2 Å². The maximum absolute atomic E-state index is 14.3. The van der Waals surface area contributed by atoms with Crippen LogP contribution in [0.5, 0.6) is 0 Å². The molecule has 3 amide bonds. The van der Waals surface area contributed by atoms with Gasteiger partial charge in [-0.05, 0) is 56.1 Å². The fourth-order valence-electron chi connectivity index (χ4n) is 3.57. The lowest BCUT2D eigenvalue weighted by atomic mass is 10.0. The Morgan fingerprint density at radius 3 is 2.84 bits per heavy atom. The number of amides is 3. The van der Waals surface area contributed by atoms with Crippen LogP contribution >= 0.6 is 0 Å². The van der Waals surface area contributed by atoms with Gasteiger partial charge in [-0.2, -0.15) is 0 Å². The first kappa shape index (κ1) is 22.6. The lowest BCUT2D eigenvalue weighted by Crippen LogP contribution is -2.48. The first-order chi connectivity index (χ1) is 14.9. The highest BCUT2D eigenvalue weighted by Gasteiger charge is 2.21. The predicted octanol–water partition coefficient (Wildman–Crippen LogP) is 2.90. The Labute approximate surface area is 181 Å². The molecule has 0 aliphatic carbocycles. The zero-order chi connectivity index (χ0) is 22.2. The SMILES string of the molecule is COCC(=O)N[C@@H]1CCCN(Cc2ccc(F)c(NC(=O)Nc3ccc(C)nc3)c2)C1. The molecular weight excluding hydrogens is 401 g/mol. The number of hydrogen-bond acceptors (Lipinski definition) is 5. The molecule has 0 saturated carbocycles. The van der Waals surface area contributed by atoms with Gasteiger partial charge in [0.1, 0.15) is 12.4 Å². The minimum absolute atomic E-state index is 0.0458. The van der Waals surface area contributed by atoms with E-state index in [0.29, 0.717) is 18.8 Å². The lowest BCUT2D eigenvalue weighted by Gasteiger charge is -2.33. The second kappa shape index (κ2) is 10.8. The molecule has 2 aromatic rings. The number of anilines is 2. The summed E-state index contributed by atoms with van der Waals surface area (Å²) in [5, 5.41) is 8.17. The molecule has 31 heavy (non-hydrogen) atoms. The van der Waals surface area contributed by atoms with Gasteiger partial charge in [-0.25, -0.2) is 9.18 Å². The topological polar surface area (TPSA) is 95.6 Å². The number of ether oxygens (including phenoxy) is 1. The quantitative estimate of drug-likeness (QED) is 0.629. The Hall–Kier alpha value is -3.04. The van der Waals surface area contributed by atoms with Gasteiger partial charge in [-0.1, -0.05) is 6.07 Å². The number of carbonyl (C=O) groups is 2. The fourth-order valence-corrected chi connectivity index (χ4v) is 3.57. The van der Waals surface area contributed by atoms with E-state index in [1.54, 1.807) is 30.5 Å². The molecule has 0 bridgehead atoms. The Kier molecular flexibility index (Phi) is 7.91. The van der Waals surface area contributed by atoms with Gasteiger partial charge in [-0.3, -0.25) is 14.7 Å². The number of methoxy groups -OCH3 is 1. The molecule has 166 valence electrons. The first-order valence-electron chi connectivity index (χ1n) is 10.2. The van der Waals surface area contributed by atoms with Crippen molar-refractivity contribution in [3.63, 3.8) is 0 Å². The number of piperidine rings is 1. The monoisotopic (exact) mass is 429 g/mol. The summed E-state index contributed by atoms with van der Waals surface area (Å²) < 4.78 is 19.1. The molecule has 1 fully saturated rings. The number of hydrogen-bond donors (Lipinski definition) is 3. The van der Waals surface area contributed by atoms with E-state index in [9.17, 15) is 14.0 Å². The van der Waals surface area contributed by atoms with Gasteiger partial charge >= 0.3 is 6.03 Å². The summed E-state index contributed by atoms with van der Waals surface area (Å²) in [6.07, 6.45) is 3.41. The Morgan fingerprint density at radius 1 is 1.26 bits per heavy atom. The Bertz CT molecular complexity index is 907. The molecule has 0 spiro atoms. The number of aromatic nitrogens is 1. The summed E-state index contributed by atoms with van der Waals surface area (Å²) in [5.41, 5.74) is 2.34. The van der Waals surface area contributed by atoms with Crippen molar-refractivity contribution in [2.24, 2.45) is 0 Å². The van der Waals surface area contributed by atoms with E-state index in [4.69, 9.17) is 4.74 Å². The van der Waals surface area contributed by atoms with Gasteiger partial charge in [0.15, 0.2) is 0 Å². The number of nitrogens with one attached hydrogen (secondary N) is 3. The van der Waals surface area contributed by atoms with Crippen LogP contribution in [0.2, 0.25) is 0 Å². The second-order valence-electron chi connectivity index (χ2n) is 7.66. The third-order valence-electron chi connectivity index (χ3n) is 5.00. The van der Waals surface area contributed by atoms with Gasteiger partial charge in [0.2, 0.25) is 5.91 Å². The molecule has 3 rings (SSSR count). The van der Waals surface area contributed by atoms with E-state index in [0.717, 1.165) is 30.6 Å². The number of carbonyl (C=O) groups excluding carboxylic acids is 2. The van der Waals surface area contributed by atoms with Crippen LogP contribution in [0.3, 0.4) is 0 Å². The number of pyridine rings is 1. The van der Waals surface area contributed by atoms with Gasteiger partial charge < -0.3 is 20.7 Å². The van der Waals surface area contributed by atoms with Crippen molar-refractivity contribution in [1.29, 1.82) is 0 Å². The number of halogens is 1. The van der Waals surface area contributed by atoms with E-state index in [-0.39, 0.29) is 24.2 Å². The summed E-state index contributed by atoms with van der Waals surface area (Å²) >= 11 is 0. The number of aryl methyl sites for hydroxylation is 1. The van der Waals surface area contributed by atoms with Crippen molar-refractivity contribution in [2.75, 3.05) is 37.4 Å². The molecule has 1 aliphatic rings. The average Bonchev–Trinajstić information content (AvgIpc) is 2.72. The van der Waals surface area contributed by atoms with Gasteiger partial charge in [-0.15, -0.1) is 0 Å². The molecule has 3 N–H and O–H groups in total. The van der Waals surface area contributed by atoms with E-state index in [1.165, 1.54) is 13.2 Å². The third-order valence-corrected chi connectivity index (χ3v) is 5.00. The molecule has 0 unspecified atom stereocenters. The maximum atomic E-state index is 14.3. The molecule has 9 heteroatoms. The summed E-state index contributed by atoms with van der Waals surface area (Å²) in [7, 11) is 1.49. The number of benzene rings is 1. The predicted molar refractivity (Wildman–Crippen MR) is 116 cm³/mol. The molecule has 1 aromatic carbocycles. The molecule has 1 aliphatic heterocycles. The minimum atomic E-state index is -0.541. The van der Waals surface area contributed by atoms with E-state index >= 15 is 0 Å². The normalized spacial score (nSPS) is 16.5. The van der Waals surface area contributed by atoms with E-state index < -0.39 is 11.8 Å². The average molecular weight is 429 g/mol. The molecule has 1 saturated heterocycles. The molecule has 1 aromatic heterocycles. The third kappa shape index (κ3) is 7.01. The highest BCUT2D eigenvalue weighted by Crippen LogP contribution is 2.20. The molecular formula is C22H28FN5O3.